The van der Waals surface area contributed by atoms with Crippen molar-refractivity contribution in [1.29, 1.82) is 0 Å². The molecule has 2 aliphatic rings. The normalized spacial score (nSPS) is 18.2. The standard InChI is InChI=1S/C23H30N2O3S/c1-17(26)28-18-10-14-24(15-11-18)12-5-13-25-20-6-3-4-7-22(20)29-23-9-8-19(27-2)16-21(23)25/h3-4,6-9,16-18,26H,5,10-15H2,1-2H3. The molecule has 1 fully saturated rings. The van der Waals surface area contributed by atoms with E-state index in [4.69, 9.17) is 9.47 Å². The predicted molar refractivity (Wildman–Crippen MR) is 117 cm³/mol. The van der Waals surface area contributed by atoms with Gasteiger partial charge in [-0.25, -0.2) is 0 Å². The molecule has 5 nitrogen and oxygen atoms in total. The van der Waals surface area contributed by atoms with Crippen molar-refractivity contribution in [3.8, 4) is 5.75 Å². The Morgan fingerprint density at radius 3 is 2.59 bits per heavy atom. The second-order valence-corrected chi connectivity index (χ2v) is 8.77. The number of para-hydroxylation sites is 1. The third-order valence-corrected chi connectivity index (χ3v) is 6.74. The first kappa shape index (κ1) is 20.5. The van der Waals surface area contributed by atoms with E-state index in [1.54, 1.807) is 14.0 Å². The minimum Gasteiger partial charge on any atom is -0.497 e. The molecule has 2 heterocycles. The van der Waals surface area contributed by atoms with Crippen molar-refractivity contribution in [1.82, 2.24) is 4.90 Å². The Bertz CT molecular complexity index is 822. The van der Waals surface area contributed by atoms with Gasteiger partial charge in [0, 0.05) is 35.5 Å². The van der Waals surface area contributed by atoms with Crippen LogP contribution in [-0.4, -0.2) is 55.7 Å². The van der Waals surface area contributed by atoms with Gasteiger partial charge in [0.25, 0.3) is 0 Å². The molecule has 2 aromatic carbocycles. The molecule has 1 N–H and O–H groups in total. The monoisotopic (exact) mass is 414 g/mol. The van der Waals surface area contributed by atoms with Crippen LogP contribution in [0.25, 0.3) is 0 Å². The molecule has 2 aromatic rings. The van der Waals surface area contributed by atoms with Crippen LogP contribution in [0.15, 0.2) is 52.3 Å². The number of hydrogen-bond acceptors (Lipinski definition) is 6. The van der Waals surface area contributed by atoms with Gasteiger partial charge in [-0.15, -0.1) is 0 Å². The molecule has 29 heavy (non-hydrogen) atoms. The molecular weight excluding hydrogens is 384 g/mol. The van der Waals surface area contributed by atoms with Crippen LogP contribution in [0.2, 0.25) is 0 Å². The minimum absolute atomic E-state index is 0.191. The molecule has 156 valence electrons. The summed E-state index contributed by atoms with van der Waals surface area (Å²) < 4.78 is 11.0. The molecule has 4 rings (SSSR count). The molecule has 0 spiro atoms. The summed E-state index contributed by atoms with van der Waals surface area (Å²) in [5, 5.41) is 9.40. The van der Waals surface area contributed by atoms with Crippen molar-refractivity contribution >= 4 is 23.1 Å². The van der Waals surface area contributed by atoms with E-state index in [9.17, 15) is 5.11 Å². The summed E-state index contributed by atoms with van der Waals surface area (Å²) in [4.78, 5) is 7.54. The highest BCUT2D eigenvalue weighted by atomic mass is 32.2. The Labute approximate surface area is 177 Å². The maximum Gasteiger partial charge on any atom is 0.152 e. The molecule has 0 bridgehead atoms. The lowest BCUT2D eigenvalue weighted by atomic mass is 10.1. The van der Waals surface area contributed by atoms with Crippen molar-refractivity contribution in [2.75, 3.05) is 38.2 Å². The average molecular weight is 415 g/mol. The number of nitrogens with zero attached hydrogens (tertiary/aromatic N) is 2. The zero-order chi connectivity index (χ0) is 20.2. The Kier molecular flexibility index (Phi) is 6.65. The Morgan fingerprint density at radius 1 is 1.07 bits per heavy atom. The smallest absolute Gasteiger partial charge is 0.152 e. The number of aliphatic hydroxyl groups is 1. The topological polar surface area (TPSA) is 45.2 Å². The molecule has 0 radical (unpaired) electrons. The maximum absolute atomic E-state index is 9.40. The van der Waals surface area contributed by atoms with Crippen molar-refractivity contribution in [3.63, 3.8) is 0 Å². The number of fused-ring (bicyclic) bond motifs is 2. The van der Waals surface area contributed by atoms with Crippen LogP contribution in [0.3, 0.4) is 0 Å². The van der Waals surface area contributed by atoms with Gasteiger partial charge in [0.15, 0.2) is 6.29 Å². The predicted octanol–water partition coefficient (Wildman–Crippen LogP) is 4.51. The number of piperidine rings is 1. The highest BCUT2D eigenvalue weighted by molar-refractivity contribution is 7.99. The van der Waals surface area contributed by atoms with Gasteiger partial charge in [0.1, 0.15) is 5.75 Å². The van der Waals surface area contributed by atoms with Crippen molar-refractivity contribution in [3.05, 3.63) is 42.5 Å². The second kappa shape index (κ2) is 9.39. The summed E-state index contributed by atoms with van der Waals surface area (Å²) in [6.45, 7) is 5.81. The molecular formula is C23H30N2O3S. The second-order valence-electron chi connectivity index (χ2n) is 7.69. The minimum atomic E-state index is -0.666. The van der Waals surface area contributed by atoms with Crippen molar-refractivity contribution < 1.29 is 14.6 Å². The van der Waals surface area contributed by atoms with Crippen LogP contribution < -0.4 is 9.64 Å². The zero-order valence-electron chi connectivity index (χ0n) is 17.2. The number of anilines is 2. The molecule has 2 aliphatic heterocycles. The van der Waals surface area contributed by atoms with Crippen LogP contribution in [0.1, 0.15) is 26.2 Å². The van der Waals surface area contributed by atoms with E-state index in [-0.39, 0.29) is 6.10 Å². The summed E-state index contributed by atoms with van der Waals surface area (Å²) in [6, 6.07) is 15.0. The van der Waals surface area contributed by atoms with Crippen LogP contribution in [-0.2, 0) is 4.74 Å². The highest BCUT2D eigenvalue weighted by Gasteiger charge is 2.25. The van der Waals surface area contributed by atoms with Crippen LogP contribution in [0.5, 0.6) is 5.75 Å². The lowest BCUT2D eigenvalue weighted by Crippen LogP contribution is -2.39. The summed E-state index contributed by atoms with van der Waals surface area (Å²) in [5.41, 5.74) is 2.51. The van der Waals surface area contributed by atoms with Gasteiger partial charge < -0.3 is 24.4 Å². The third kappa shape index (κ3) is 4.89. The van der Waals surface area contributed by atoms with Crippen molar-refractivity contribution in [2.45, 2.75) is 48.4 Å². The third-order valence-electron chi connectivity index (χ3n) is 5.61. The summed E-state index contributed by atoms with van der Waals surface area (Å²) in [5.74, 6) is 0.897. The van der Waals surface area contributed by atoms with Gasteiger partial charge in [-0.3, -0.25) is 0 Å². The SMILES string of the molecule is COc1ccc2c(c1)N(CCCN1CCC(OC(C)O)CC1)c1ccccc1S2. The fraction of sp³-hybridized carbons (Fsp3) is 0.478. The van der Waals surface area contributed by atoms with E-state index < -0.39 is 6.29 Å². The number of aliphatic hydroxyl groups excluding tert-OH is 1. The summed E-state index contributed by atoms with van der Waals surface area (Å²) >= 11 is 1.83. The number of hydrogen-bond donors (Lipinski definition) is 1. The van der Waals surface area contributed by atoms with E-state index in [0.717, 1.165) is 51.2 Å². The number of methoxy groups -OCH3 is 1. The fourth-order valence-corrected chi connectivity index (χ4v) is 5.25. The molecule has 0 aliphatic carbocycles. The van der Waals surface area contributed by atoms with E-state index in [2.05, 4.69) is 46.2 Å². The van der Waals surface area contributed by atoms with Crippen molar-refractivity contribution in [2.24, 2.45) is 0 Å². The number of likely N-dealkylation sites (tertiary alicyclic amines) is 1. The first-order valence-electron chi connectivity index (χ1n) is 10.4. The Balaban J connectivity index is 1.40. The van der Waals surface area contributed by atoms with Gasteiger partial charge in [0.2, 0.25) is 0 Å². The van der Waals surface area contributed by atoms with Gasteiger partial charge in [-0.1, -0.05) is 23.9 Å². The molecule has 0 amide bonds. The van der Waals surface area contributed by atoms with Gasteiger partial charge in [-0.05, 0) is 57.0 Å². The summed E-state index contributed by atoms with van der Waals surface area (Å²) in [7, 11) is 1.72. The molecule has 1 atom stereocenters. The molecule has 1 saturated heterocycles. The quantitative estimate of drug-likeness (QED) is 0.673. The molecule has 0 saturated carbocycles. The van der Waals surface area contributed by atoms with Gasteiger partial charge in [0.05, 0.1) is 24.6 Å². The average Bonchev–Trinajstić information content (AvgIpc) is 2.73. The largest absolute Gasteiger partial charge is 0.497 e. The van der Waals surface area contributed by atoms with Gasteiger partial charge in [-0.2, -0.15) is 0 Å². The van der Waals surface area contributed by atoms with E-state index in [0.29, 0.717) is 0 Å². The lowest BCUT2D eigenvalue weighted by molar-refractivity contribution is -0.136. The Morgan fingerprint density at radius 2 is 1.83 bits per heavy atom. The zero-order valence-corrected chi connectivity index (χ0v) is 18.0. The first-order valence-corrected chi connectivity index (χ1v) is 11.2. The number of benzene rings is 2. The molecule has 1 unspecified atom stereocenters. The highest BCUT2D eigenvalue weighted by Crippen LogP contribution is 2.49. The van der Waals surface area contributed by atoms with Crippen LogP contribution >= 0.6 is 11.8 Å². The number of rotatable bonds is 7. The fourth-order valence-electron chi connectivity index (χ4n) is 4.18. The first-order chi connectivity index (χ1) is 14.1. The lowest BCUT2D eigenvalue weighted by Gasteiger charge is -2.35. The van der Waals surface area contributed by atoms with Gasteiger partial charge >= 0.3 is 0 Å². The van der Waals surface area contributed by atoms with Crippen LogP contribution in [0.4, 0.5) is 11.4 Å². The number of ether oxygens (including phenoxy) is 2. The van der Waals surface area contributed by atoms with Crippen LogP contribution in [0, 0.1) is 0 Å². The van der Waals surface area contributed by atoms with E-state index in [1.165, 1.54) is 21.2 Å². The molecule has 0 aromatic heterocycles. The van der Waals surface area contributed by atoms with E-state index >= 15 is 0 Å². The molecule has 6 heteroatoms. The van der Waals surface area contributed by atoms with E-state index in [1.807, 2.05) is 17.8 Å². The Hall–Kier alpha value is -1.73. The summed E-state index contributed by atoms with van der Waals surface area (Å²) in [6.07, 6.45) is 2.61. The maximum atomic E-state index is 9.40.